The Bertz CT molecular complexity index is 924. The van der Waals surface area contributed by atoms with Gasteiger partial charge in [-0.15, -0.1) is 0 Å². The summed E-state index contributed by atoms with van der Waals surface area (Å²) in [7, 11) is 0. The van der Waals surface area contributed by atoms with Crippen LogP contribution in [0.4, 0.5) is 21.9 Å². The zero-order valence-electron chi connectivity index (χ0n) is 17.3. The fraction of sp³-hybridized carbons (Fsp3) is 0.364. The zero-order chi connectivity index (χ0) is 21.7. The molecule has 0 radical (unpaired) electrons. The highest BCUT2D eigenvalue weighted by molar-refractivity contribution is 7.99. The quantitative estimate of drug-likeness (QED) is 0.648. The Morgan fingerprint density at radius 3 is 2.40 bits per heavy atom. The van der Waals surface area contributed by atoms with Gasteiger partial charge in [-0.1, -0.05) is 17.7 Å². The molecule has 0 unspecified atom stereocenters. The Kier molecular flexibility index (Phi) is 7.15. The van der Waals surface area contributed by atoms with Crippen molar-refractivity contribution in [3.8, 4) is 0 Å². The van der Waals surface area contributed by atoms with Crippen LogP contribution in [0.1, 0.15) is 31.1 Å². The Morgan fingerprint density at radius 2 is 1.73 bits per heavy atom. The van der Waals surface area contributed by atoms with E-state index in [4.69, 9.17) is 16.3 Å². The minimum Gasteiger partial charge on any atom is -0.444 e. The van der Waals surface area contributed by atoms with E-state index in [-0.39, 0.29) is 5.91 Å². The maximum Gasteiger partial charge on any atom is 0.412 e. The molecule has 2 aromatic rings. The van der Waals surface area contributed by atoms with Crippen LogP contribution in [0.3, 0.4) is 0 Å². The number of halogens is 1. The van der Waals surface area contributed by atoms with Crippen molar-refractivity contribution >= 4 is 52.4 Å². The molecule has 160 valence electrons. The fourth-order valence-corrected chi connectivity index (χ4v) is 4.21. The molecule has 0 saturated carbocycles. The molecule has 0 aromatic heterocycles. The molecule has 1 saturated heterocycles. The molecule has 1 aliphatic heterocycles. The molecule has 2 N–H and O–H groups in total. The lowest BCUT2D eigenvalue weighted by atomic mass is 10.1. The number of hydrogen-bond acceptors (Lipinski definition) is 5. The molecule has 0 aliphatic carbocycles. The van der Waals surface area contributed by atoms with Crippen molar-refractivity contribution in [3.63, 3.8) is 0 Å². The van der Waals surface area contributed by atoms with Gasteiger partial charge in [-0.25, -0.2) is 4.79 Å². The lowest BCUT2D eigenvalue weighted by Crippen LogP contribution is -2.32. The molecule has 1 aliphatic rings. The smallest absolute Gasteiger partial charge is 0.412 e. The molecule has 1 heterocycles. The molecular formula is C22H26ClN3O3S. The van der Waals surface area contributed by atoms with Crippen molar-refractivity contribution in [1.29, 1.82) is 0 Å². The molecule has 6 nitrogen and oxygen atoms in total. The van der Waals surface area contributed by atoms with Crippen LogP contribution in [0.25, 0.3) is 0 Å². The number of rotatable bonds is 4. The van der Waals surface area contributed by atoms with Gasteiger partial charge in [0.25, 0.3) is 5.91 Å². The predicted molar refractivity (Wildman–Crippen MR) is 125 cm³/mol. The first-order valence-electron chi connectivity index (χ1n) is 9.75. The van der Waals surface area contributed by atoms with Crippen LogP contribution in [-0.4, -0.2) is 42.2 Å². The van der Waals surface area contributed by atoms with Gasteiger partial charge in [0.15, 0.2) is 0 Å². The molecule has 1 fully saturated rings. The van der Waals surface area contributed by atoms with Crippen molar-refractivity contribution < 1.29 is 14.3 Å². The van der Waals surface area contributed by atoms with Crippen LogP contribution in [-0.2, 0) is 4.74 Å². The summed E-state index contributed by atoms with van der Waals surface area (Å²) < 4.78 is 5.24. The van der Waals surface area contributed by atoms with Gasteiger partial charge in [0, 0.05) is 41.5 Å². The molecule has 0 atom stereocenters. The molecule has 30 heavy (non-hydrogen) atoms. The number of carbonyl (C=O) groups is 2. The number of benzene rings is 2. The summed E-state index contributed by atoms with van der Waals surface area (Å²) in [5, 5.41) is 6.11. The number of nitrogens with zero attached hydrogens (tertiary/aromatic N) is 1. The molecule has 2 aromatic carbocycles. The summed E-state index contributed by atoms with van der Waals surface area (Å²) in [4.78, 5) is 26.9. The molecule has 8 heteroatoms. The predicted octanol–water partition coefficient (Wildman–Crippen LogP) is 5.49. The monoisotopic (exact) mass is 447 g/mol. The third-order valence-electron chi connectivity index (χ3n) is 4.33. The molecule has 0 spiro atoms. The average molecular weight is 448 g/mol. The van der Waals surface area contributed by atoms with Gasteiger partial charge >= 0.3 is 6.09 Å². The normalized spacial score (nSPS) is 14.2. The second kappa shape index (κ2) is 9.62. The van der Waals surface area contributed by atoms with Gasteiger partial charge in [0.05, 0.1) is 10.7 Å². The molecule has 3 rings (SSSR count). The number of anilines is 3. The largest absolute Gasteiger partial charge is 0.444 e. The van der Waals surface area contributed by atoms with Crippen LogP contribution < -0.4 is 15.5 Å². The van der Waals surface area contributed by atoms with Crippen LogP contribution in [0.5, 0.6) is 0 Å². The number of thioether (sulfide) groups is 1. The van der Waals surface area contributed by atoms with Crippen molar-refractivity contribution in [2.45, 2.75) is 26.4 Å². The summed E-state index contributed by atoms with van der Waals surface area (Å²) in [5.41, 5.74) is 1.89. The first-order chi connectivity index (χ1) is 14.2. The first-order valence-corrected chi connectivity index (χ1v) is 11.3. The van der Waals surface area contributed by atoms with Gasteiger partial charge in [0.1, 0.15) is 5.60 Å². The summed E-state index contributed by atoms with van der Waals surface area (Å²) >= 11 is 8.41. The highest BCUT2D eigenvalue weighted by atomic mass is 35.5. The van der Waals surface area contributed by atoms with E-state index >= 15 is 0 Å². The Hall–Kier alpha value is -2.38. The highest BCUT2D eigenvalue weighted by Crippen LogP contribution is 2.30. The fourth-order valence-electron chi connectivity index (χ4n) is 3.01. The minimum atomic E-state index is -0.600. The lowest BCUT2D eigenvalue weighted by Gasteiger charge is -2.29. The highest BCUT2D eigenvalue weighted by Gasteiger charge is 2.17. The number of hydrogen-bond donors (Lipinski definition) is 2. The van der Waals surface area contributed by atoms with Crippen molar-refractivity contribution in [2.24, 2.45) is 0 Å². The van der Waals surface area contributed by atoms with Gasteiger partial charge in [-0.05, 0) is 57.2 Å². The number of carbonyl (C=O) groups excluding carboxylic acids is 2. The maximum absolute atomic E-state index is 12.7. The maximum atomic E-state index is 12.7. The second-order valence-electron chi connectivity index (χ2n) is 7.93. The van der Waals surface area contributed by atoms with Crippen LogP contribution in [0, 0.1) is 0 Å². The van der Waals surface area contributed by atoms with E-state index < -0.39 is 11.7 Å². The van der Waals surface area contributed by atoms with Crippen LogP contribution in [0.2, 0.25) is 5.02 Å². The van der Waals surface area contributed by atoms with E-state index in [0.29, 0.717) is 22.0 Å². The summed E-state index contributed by atoms with van der Waals surface area (Å²) in [5.74, 6) is 1.88. The molecular weight excluding hydrogens is 422 g/mol. The number of nitrogens with one attached hydrogen (secondary N) is 2. The zero-order valence-corrected chi connectivity index (χ0v) is 18.9. The Labute approximate surface area is 186 Å². The lowest BCUT2D eigenvalue weighted by molar-refractivity contribution is 0.0635. The molecule has 2 amide bonds. The number of ether oxygens (including phenoxy) is 1. The second-order valence-corrected chi connectivity index (χ2v) is 9.56. The van der Waals surface area contributed by atoms with Crippen molar-refractivity contribution in [1.82, 2.24) is 0 Å². The van der Waals surface area contributed by atoms with E-state index in [0.717, 1.165) is 30.3 Å². The van der Waals surface area contributed by atoms with Crippen molar-refractivity contribution in [3.05, 3.63) is 53.1 Å². The van der Waals surface area contributed by atoms with E-state index in [1.54, 1.807) is 51.1 Å². The van der Waals surface area contributed by atoms with E-state index in [1.807, 2.05) is 23.9 Å². The third kappa shape index (κ3) is 6.31. The van der Waals surface area contributed by atoms with Gasteiger partial charge in [-0.3, -0.25) is 10.1 Å². The van der Waals surface area contributed by atoms with Crippen molar-refractivity contribution in [2.75, 3.05) is 40.1 Å². The SMILES string of the molecule is CC(C)(C)OC(=O)Nc1cccc(C(=O)Nc2ccc(N3CCSCC3)c(Cl)c2)c1. The minimum absolute atomic E-state index is 0.291. The third-order valence-corrected chi connectivity index (χ3v) is 5.57. The topological polar surface area (TPSA) is 70.7 Å². The van der Waals surface area contributed by atoms with Crippen LogP contribution >= 0.6 is 23.4 Å². The summed E-state index contributed by atoms with van der Waals surface area (Å²) in [6.45, 7) is 7.30. The summed E-state index contributed by atoms with van der Waals surface area (Å²) in [6, 6.07) is 12.2. The van der Waals surface area contributed by atoms with E-state index in [2.05, 4.69) is 15.5 Å². The van der Waals surface area contributed by atoms with Gasteiger partial charge in [0.2, 0.25) is 0 Å². The Balaban J connectivity index is 1.66. The summed E-state index contributed by atoms with van der Waals surface area (Å²) in [6.07, 6.45) is -0.571. The van der Waals surface area contributed by atoms with E-state index in [1.165, 1.54) is 0 Å². The van der Waals surface area contributed by atoms with Gasteiger partial charge < -0.3 is 15.0 Å². The van der Waals surface area contributed by atoms with Crippen LogP contribution in [0.15, 0.2) is 42.5 Å². The molecule has 0 bridgehead atoms. The number of amides is 2. The Morgan fingerprint density at radius 1 is 1.03 bits per heavy atom. The van der Waals surface area contributed by atoms with E-state index in [9.17, 15) is 9.59 Å². The van der Waals surface area contributed by atoms with Gasteiger partial charge in [-0.2, -0.15) is 11.8 Å². The standard InChI is InChI=1S/C22H26ClN3O3S/c1-22(2,3)29-21(28)25-16-6-4-5-15(13-16)20(27)24-17-7-8-19(18(23)14-17)26-9-11-30-12-10-26/h4-8,13-14H,9-12H2,1-3H3,(H,24,27)(H,25,28). The first kappa shape index (κ1) is 22.3. The average Bonchev–Trinajstić information content (AvgIpc) is 2.67.